The topological polar surface area (TPSA) is 473 Å². The largest absolute Gasteiger partial charge is 0.617 e. The van der Waals surface area contributed by atoms with Gasteiger partial charge in [0.2, 0.25) is 17.1 Å². The second kappa shape index (κ2) is 41.2. The van der Waals surface area contributed by atoms with Gasteiger partial charge in [-0.25, -0.2) is 84.8 Å². The number of benzene rings is 7. The third kappa shape index (κ3) is 23.0. The van der Waals surface area contributed by atoms with E-state index in [2.05, 4.69) is 59.1 Å². The minimum absolute atomic E-state index is 0.0226. The van der Waals surface area contributed by atoms with E-state index in [1.54, 1.807) is 66.7 Å². The highest BCUT2D eigenvalue weighted by Gasteiger charge is 2.28. The average molecular weight is 1590 g/mol. The number of nitrogen functional groups attached to an aromatic ring is 1. The van der Waals surface area contributed by atoms with E-state index in [1.807, 2.05) is 5.32 Å². The monoisotopic (exact) mass is 1590 g/mol. The summed E-state index contributed by atoms with van der Waals surface area (Å²) in [5.74, 6) is -9.21. The fourth-order valence-electron chi connectivity index (χ4n) is 9.10. The Kier molecular flexibility index (Phi) is 31.9. The molecule has 0 unspecified atom stereocenters. The standard InChI is InChI=1S/C12H11FN2O2.C11H8ClFN2O2.C11H11FN2O5.C11H9FN2O4.C11H9FN2O3.C10H7FN2O.C6H5FN2O2/c1-3-17-12(16)10-7(2)14-11-8(13)5-4-6-9(11)15-10;1-2-17-11(16)9-10(12)15-8-6(13)4-3-5-7(8)14-9;1-2-19-10(16)6-9(15)13-11-7(12)4-3-5-8(11)14(17)18;1-2-18-11(16)9-10(15)13-8-6(12)4-3-5-7(8)14(9)17;1-2-17-11(16)9-10(15)14-8-6(12)4-3-5-7(8)13-9;1-6-9(5-14)13-8-4-2-3-7(11)10(8)12-6;7-4-2-1-3-5(6(4)8)9(10)11/h4-6H,3H2,1-2H3;3-5H,2H2,1H3;3-5H,2,6H2,1H3,(H,13,15);3-5H,2H2,1H3,(H,13,15);3-5H,2H2,1H3,(H,14,15);2-5H,1H3;1-3H,8H2. The van der Waals surface area contributed by atoms with Crippen molar-refractivity contribution in [3.05, 3.63) is 259 Å². The van der Waals surface area contributed by atoms with Gasteiger partial charge in [-0.3, -0.25) is 44.2 Å². The van der Waals surface area contributed by atoms with Crippen LogP contribution >= 0.6 is 11.6 Å². The molecule has 588 valence electrons. The molecule has 33 nitrogen and oxygen atoms in total. The van der Waals surface area contributed by atoms with Gasteiger partial charge in [0.15, 0.2) is 68.9 Å². The molecule has 0 aliphatic carbocycles. The Labute approximate surface area is 634 Å². The van der Waals surface area contributed by atoms with E-state index in [4.69, 9.17) is 26.8 Å². The molecule has 12 rings (SSSR count). The maximum absolute atomic E-state index is 13.4. The quantitative estimate of drug-likeness (QED) is 0.00707. The molecule has 0 atom stereocenters. The Morgan fingerprint density at radius 1 is 0.496 bits per heavy atom. The van der Waals surface area contributed by atoms with Crippen LogP contribution in [-0.2, 0) is 33.3 Å². The van der Waals surface area contributed by atoms with Gasteiger partial charge in [0.25, 0.3) is 16.9 Å². The summed E-state index contributed by atoms with van der Waals surface area (Å²) in [6.45, 7) is 12.1. The van der Waals surface area contributed by atoms with Crippen molar-refractivity contribution >= 4 is 132 Å². The number of esters is 5. The van der Waals surface area contributed by atoms with E-state index >= 15 is 0 Å². The lowest BCUT2D eigenvalue weighted by atomic mass is 10.2. The highest BCUT2D eigenvalue weighted by Crippen LogP contribution is 2.28. The fourth-order valence-corrected chi connectivity index (χ4v) is 9.31. The van der Waals surface area contributed by atoms with Crippen LogP contribution < -0.4 is 26.9 Å². The lowest BCUT2D eigenvalue weighted by Gasteiger charge is -2.06. The fraction of sp³-hybridized carbons (Fsp3) is 0.181. The number of carbonyl (C=O) groups is 7. The average Bonchev–Trinajstić information content (AvgIpc) is 0.790. The second-order valence-electron chi connectivity index (χ2n) is 21.7. The van der Waals surface area contributed by atoms with Crippen molar-refractivity contribution in [2.45, 2.75) is 54.9 Å². The van der Waals surface area contributed by atoms with E-state index in [9.17, 15) is 99.3 Å². The first-order valence-corrected chi connectivity index (χ1v) is 32.9. The summed E-state index contributed by atoms with van der Waals surface area (Å²) in [4.78, 5) is 153. The number of nitro benzene ring substituents is 2. The number of nitro groups is 2. The molecule has 0 aliphatic heterocycles. The number of para-hydroxylation sites is 7. The van der Waals surface area contributed by atoms with Crippen molar-refractivity contribution in [3.8, 4) is 0 Å². The van der Waals surface area contributed by atoms with Crippen molar-refractivity contribution in [1.29, 1.82) is 0 Å². The lowest BCUT2D eigenvalue weighted by molar-refractivity contribution is -0.581. The van der Waals surface area contributed by atoms with Gasteiger partial charge in [-0.1, -0.05) is 54.1 Å². The normalized spacial score (nSPS) is 10.3. The SMILES string of the molecule is CCOC(=O)CC(=O)Nc1c(F)cccc1[N+](=O)[O-].CCOC(=O)c1c(=O)[nH]c2c(F)cccc2[n+]1[O-].CCOC(=O)c1nc2cccc(F)c2[nH]c1=O.CCOC(=O)c1nc2cccc(F)c2nc1C.CCOC(=O)c1nc2cccc(F)c2nc1Cl.Cc1nc2c(F)cccc2nc1C=O.Nc1c(F)cccc1[N+](=O)[O-]. The van der Waals surface area contributed by atoms with Crippen molar-refractivity contribution in [2.75, 3.05) is 44.1 Å². The number of aromatic nitrogens is 10. The van der Waals surface area contributed by atoms with Gasteiger partial charge in [-0.15, -0.1) is 0 Å². The van der Waals surface area contributed by atoms with Crippen LogP contribution in [0.3, 0.4) is 0 Å². The summed E-state index contributed by atoms with van der Waals surface area (Å²) >= 11 is 5.76. The zero-order chi connectivity index (χ0) is 83.5. The van der Waals surface area contributed by atoms with E-state index in [1.165, 1.54) is 72.8 Å². The van der Waals surface area contributed by atoms with E-state index < -0.39 is 132 Å². The van der Waals surface area contributed by atoms with Gasteiger partial charge >= 0.3 is 41.1 Å². The van der Waals surface area contributed by atoms with Gasteiger partial charge in [0, 0.05) is 18.2 Å². The van der Waals surface area contributed by atoms with Crippen LogP contribution in [0.25, 0.3) is 55.2 Å². The zero-order valence-corrected chi connectivity index (χ0v) is 60.5. The highest BCUT2D eigenvalue weighted by atomic mass is 35.5. The van der Waals surface area contributed by atoms with E-state index in [0.29, 0.717) is 28.7 Å². The summed E-state index contributed by atoms with van der Waals surface area (Å²) in [5.41, 5.74) is 2.55. The molecule has 113 heavy (non-hydrogen) atoms. The maximum atomic E-state index is 13.4. The van der Waals surface area contributed by atoms with Crippen LogP contribution in [0, 0.1) is 80.0 Å². The first-order chi connectivity index (χ1) is 53.7. The minimum Gasteiger partial charge on any atom is -0.617 e. The number of carbonyl (C=O) groups excluding carboxylic acids is 7. The third-order valence-corrected chi connectivity index (χ3v) is 14.4. The van der Waals surface area contributed by atoms with Gasteiger partial charge < -0.3 is 49.9 Å². The van der Waals surface area contributed by atoms with Crippen LogP contribution in [0.2, 0.25) is 5.15 Å². The molecule has 0 spiro atoms. The number of fused-ring (bicyclic) bond motifs is 5. The van der Waals surface area contributed by atoms with Crippen molar-refractivity contribution in [2.24, 2.45) is 0 Å². The predicted molar refractivity (Wildman–Crippen MR) is 388 cm³/mol. The summed E-state index contributed by atoms with van der Waals surface area (Å²) in [5, 5.41) is 34.5. The number of aldehydes is 1. The Morgan fingerprint density at radius 2 is 0.903 bits per heavy atom. The van der Waals surface area contributed by atoms with Gasteiger partial charge in [0.05, 0.1) is 76.3 Å². The number of nitrogens with one attached hydrogen (secondary N) is 3. The molecule has 1 amide bonds. The summed E-state index contributed by atoms with van der Waals surface area (Å²) in [6.07, 6.45) is -0.0218. The summed E-state index contributed by atoms with van der Waals surface area (Å²) in [6, 6.07) is 27.6. The van der Waals surface area contributed by atoms with E-state index in [-0.39, 0.29) is 110 Å². The molecule has 5 N–H and O–H groups in total. The number of ether oxygens (including phenoxy) is 5. The number of nitrogens with zero attached hydrogens (tertiary/aromatic N) is 10. The van der Waals surface area contributed by atoms with Gasteiger partial charge in [0.1, 0.15) is 45.7 Å². The molecule has 0 radical (unpaired) electrons. The molecule has 0 saturated heterocycles. The van der Waals surface area contributed by atoms with Crippen molar-refractivity contribution in [3.63, 3.8) is 0 Å². The van der Waals surface area contributed by atoms with Crippen LogP contribution in [-0.4, -0.2) is 130 Å². The molecular formula is C72H60ClF7N14O19. The number of amides is 1. The highest BCUT2D eigenvalue weighted by molar-refractivity contribution is 6.32. The predicted octanol–water partition coefficient (Wildman–Crippen LogP) is 11.4. The maximum Gasteiger partial charge on any atom is 0.411 e. The van der Waals surface area contributed by atoms with Crippen molar-refractivity contribution in [1.82, 2.24) is 44.9 Å². The Hall–Kier alpha value is -14.5. The number of hydrogen-bond donors (Lipinski definition) is 4. The lowest BCUT2D eigenvalue weighted by Crippen LogP contribution is -2.43. The minimum atomic E-state index is -1.04. The van der Waals surface area contributed by atoms with Crippen LogP contribution in [0.4, 0.5) is 53.5 Å². The number of halogens is 8. The van der Waals surface area contributed by atoms with Crippen molar-refractivity contribution < 1.29 is 103 Å². The number of aromatic amines is 2. The third-order valence-electron chi connectivity index (χ3n) is 14.1. The van der Waals surface area contributed by atoms with Crippen LogP contribution in [0.5, 0.6) is 0 Å². The molecule has 0 aliphatic rings. The van der Waals surface area contributed by atoms with Gasteiger partial charge in [-0.2, -0.15) is 4.73 Å². The first kappa shape index (κ1) is 87.4. The van der Waals surface area contributed by atoms with Gasteiger partial charge in [-0.05, 0) is 115 Å². The summed E-state index contributed by atoms with van der Waals surface area (Å²) < 4.78 is 116. The molecule has 41 heteroatoms. The molecule has 12 aromatic rings. The van der Waals surface area contributed by atoms with E-state index in [0.717, 1.165) is 36.4 Å². The number of nitrogens with two attached hydrogens (primary N) is 1. The molecule has 5 aromatic heterocycles. The Balaban J connectivity index is 0.000000206. The second-order valence-corrected chi connectivity index (χ2v) is 22.0. The Morgan fingerprint density at radius 3 is 1.42 bits per heavy atom. The number of rotatable bonds is 15. The zero-order valence-electron chi connectivity index (χ0n) is 59.8. The Bertz CT molecular complexity index is 5650. The molecule has 0 saturated carbocycles. The van der Waals surface area contributed by atoms with Crippen LogP contribution in [0.15, 0.2) is 137 Å². The first-order valence-electron chi connectivity index (χ1n) is 32.6. The molecule has 7 aromatic carbocycles. The number of aryl methyl sites for hydroxylation is 2. The summed E-state index contributed by atoms with van der Waals surface area (Å²) in [7, 11) is 0. The number of anilines is 2. The number of hydrogen-bond acceptors (Lipinski definition) is 27. The molecule has 0 bridgehead atoms. The number of H-pyrrole nitrogens is 2. The van der Waals surface area contributed by atoms with Crippen LogP contribution in [0.1, 0.15) is 105 Å². The molecular weight excluding hydrogens is 1530 g/mol. The molecule has 0 fully saturated rings. The smallest absolute Gasteiger partial charge is 0.411 e. The molecule has 5 heterocycles.